The Morgan fingerprint density at radius 2 is 2.05 bits per heavy atom. The average Bonchev–Trinajstić information content (AvgIpc) is 2.46. The Balaban J connectivity index is 2.08. The maximum absolute atomic E-state index is 5.57. The van der Waals surface area contributed by atoms with E-state index in [1.54, 1.807) is 12.4 Å². The van der Waals surface area contributed by atoms with Gasteiger partial charge in [0.15, 0.2) is 0 Å². The zero-order valence-corrected chi connectivity index (χ0v) is 11.0. The lowest BCUT2D eigenvalue weighted by Gasteiger charge is -2.09. The molecule has 2 N–H and O–H groups in total. The van der Waals surface area contributed by atoms with E-state index in [1.165, 1.54) is 6.33 Å². The summed E-state index contributed by atoms with van der Waals surface area (Å²) in [7, 11) is 0. The van der Waals surface area contributed by atoms with Crippen LogP contribution in [0.25, 0.3) is 16.5 Å². The Kier molecular flexibility index (Phi) is 2.87. The van der Waals surface area contributed by atoms with Crippen LogP contribution in [-0.2, 0) is 0 Å². The van der Waals surface area contributed by atoms with Crippen LogP contribution in [0.15, 0.2) is 43.5 Å². The van der Waals surface area contributed by atoms with Crippen molar-refractivity contribution in [3.05, 3.63) is 60.3 Å². The Hall–Kier alpha value is -2.82. The first kappa shape index (κ1) is 12.2. The molecule has 0 spiro atoms. The highest BCUT2D eigenvalue weighted by molar-refractivity contribution is 5.86. The largest absolute Gasteiger partial charge is 0.368 e. The smallest absolute Gasteiger partial charge is 0.220 e. The summed E-state index contributed by atoms with van der Waals surface area (Å²) in [5.74, 6) is 0.269. The zero-order valence-electron chi connectivity index (χ0n) is 11.0. The molecule has 0 amide bonds. The highest BCUT2D eigenvalue weighted by Gasteiger charge is 2.08. The zero-order chi connectivity index (χ0) is 14.1. The molecule has 0 aliphatic rings. The lowest BCUT2D eigenvalue weighted by Crippen LogP contribution is -2.00. The van der Waals surface area contributed by atoms with Gasteiger partial charge in [0.25, 0.3) is 0 Å². The molecule has 2 heterocycles. The second-order valence-corrected chi connectivity index (χ2v) is 4.50. The summed E-state index contributed by atoms with van der Waals surface area (Å²) in [5, 5.41) is 0.972. The normalized spacial score (nSPS) is 10.7. The number of benzene rings is 1. The highest BCUT2D eigenvalue weighted by Crippen LogP contribution is 2.25. The van der Waals surface area contributed by atoms with Crippen molar-refractivity contribution in [2.24, 2.45) is 0 Å². The highest BCUT2D eigenvalue weighted by atomic mass is 15.0. The van der Waals surface area contributed by atoms with Crippen LogP contribution < -0.4 is 5.73 Å². The van der Waals surface area contributed by atoms with Gasteiger partial charge in [-0.3, -0.25) is 0 Å². The summed E-state index contributed by atoms with van der Waals surface area (Å²) in [6.45, 7) is 6.02. The standard InChI is InChI=1S/C15H13N5/c1-9(13-7-18-15(16)20-10(13)2)11-3-4-14-12(5-11)6-17-8-19-14/h3-8H,1H2,2H3,(H2,16,18,20). The third-order valence-electron chi connectivity index (χ3n) is 3.18. The predicted octanol–water partition coefficient (Wildman–Crippen LogP) is 2.37. The van der Waals surface area contributed by atoms with Crippen LogP contribution in [0.5, 0.6) is 0 Å². The average molecular weight is 263 g/mol. The molecule has 3 aromatic rings. The van der Waals surface area contributed by atoms with Crippen molar-refractivity contribution in [3.63, 3.8) is 0 Å². The van der Waals surface area contributed by atoms with Crippen molar-refractivity contribution in [1.82, 2.24) is 19.9 Å². The molecule has 0 radical (unpaired) electrons. The first-order valence-electron chi connectivity index (χ1n) is 6.13. The summed E-state index contributed by atoms with van der Waals surface area (Å²) in [5.41, 5.74) is 10.0. The van der Waals surface area contributed by atoms with Gasteiger partial charge in [0, 0.05) is 23.3 Å². The van der Waals surface area contributed by atoms with Crippen LogP contribution in [0.3, 0.4) is 0 Å². The lowest BCUT2D eigenvalue weighted by atomic mass is 9.99. The molecule has 5 heteroatoms. The third kappa shape index (κ3) is 2.09. The summed E-state index contributed by atoms with van der Waals surface area (Å²) in [4.78, 5) is 16.4. The molecule has 0 aliphatic heterocycles. The fourth-order valence-electron chi connectivity index (χ4n) is 2.11. The van der Waals surface area contributed by atoms with Gasteiger partial charge in [-0.05, 0) is 30.2 Å². The molecule has 0 saturated heterocycles. The number of fused-ring (bicyclic) bond motifs is 1. The van der Waals surface area contributed by atoms with E-state index < -0.39 is 0 Å². The van der Waals surface area contributed by atoms with Crippen LogP contribution in [0.1, 0.15) is 16.8 Å². The minimum Gasteiger partial charge on any atom is -0.368 e. The lowest BCUT2D eigenvalue weighted by molar-refractivity contribution is 1.10. The molecule has 1 aromatic carbocycles. The number of aromatic nitrogens is 4. The molecule has 98 valence electrons. The van der Waals surface area contributed by atoms with Crippen molar-refractivity contribution < 1.29 is 0 Å². The Morgan fingerprint density at radius 3 is 2.85 bits per heavy atom. The molecule has 0 unspecified atom stereocenters. The SMILES string of the molecule is C=C(c1ccc2ncncc2c1)c1cnc(N)nc1C. The minimum atomic E-state index is 0.269. The van der Waals surface area contributed by atoms with Crippen molar-refractivity contribution in [2.45, 2.75) is 6.92 Å². The van der Waals surface area contributed by atoms with E-state index in [0.29, 0.717) is 0 Å². The summed E-state index contributed by atoms with van der Waals surface area (Å²) in [6, 6.07) is 5.94. The van der Waals surface area contributed by atoms with Crippen molar-refractivity contribution in [2.75, 3.05) is 5.73 Å². The van der Waals surface area contributed by atoms with Gasteiger partial charge in [-0.1, -0.05) is 12.6 Å². The molecule has 5 nitrogen and oxygen atoms in total. The quantitative estimate of drug-likeness (QED) is 0.768. The van der Waals surface area contributed by atoms with Gasteiger partial charge in [0.2, 0.25) is 5.95 Å². The van der Waals surface area contributed by atoms with Crippen LogP contribution in [0.2, 0.25) is 0 Å². The molecule has 0 aliphatic carbocycles. The monoisotopic (exact) mass is 263 g/mol. The van der Waals surface area contributed by atoms with E-state index in [0.717, 1.165) is 33.3 Å². The molecule has 0 bridgehead atoms. The van der Waals surface area contributed by atoms with Crippen molar-refractivity contribution >= 4 is 22.4 Å². The number of nitrogens with zero attached hydrogens (tertiary/aromatic N) is 4. The molecule has 0 atom stereocenters. The first-order chi connectivity index (χ1) is 9.65. The van der Waals surface area contributed by atoms with Gasteiger partial charge in [0.05, 0.1) is 11.2 Å². The maximum atomic E-state index is 5.57. The van der Waals surface area contributed by atoms with Crippen LogP contribution in [-0.4, -0.2) is 19.9 Å². The van der Waals surface area contributed by atoms with Crippen molar-refractivity contribution in [1.29, 1.82) is 0 Å². The summed E-state index contributed by atoms with van der Waals surface area (Å²) in [6.07, 6.45) is 5.02. The minimum absolute atomic E-state index is 0.269. The van der Waals surface area contributed by atoms with Gasteiger partial charge in [-0.15, -0.1) is 0 Å². The molecule has 3 rings (SSSR count). The van der Waals surface area contributed by atoms with Gasteiger partial charge < -0.3 is 5.73 Å². The van der Waals surface area contributed by atoms with Gasteiger partial charge in [-0.25, -0.2) is 19.9 Å². The Bertz CT molecular complexity index is 810. The Morgan fingerprint density at radius 1 is 1.20 bits per heavy atom. The van der Waals surface area contributed by atoms with E-state index in [-0.39, 0.29) is 5.95 Å². The fraction of sp³-hybridized carbons (Fsp3) is 0.0667. The topological polar surface area (TPSA) is 77.6 Å². The second kappa shape index (κ2) is 4.70. The second-order valence-electron chi connectivity index (χ2n) is 4.50. The van der Waals surface area contributed by atoms with Gasteiger partial charge in [-0.2, -0.15) is 0 Å². The number of aryl methyl sites for hydroxylation is 1. The number of nitrogens with two attached hydrogens (primary N) is 1. The number of rotatable bonds is 2. The van der Waals surface area contributed by atoms with E-state index >= 15 is 0 Å². The van der Waals surface area contributed by atoms with Gasteiger partial charge >= 0.3 is 0 Å². The molecule has 20 heavy (non-hydrogen) atoms. The number of nitrogen functional groups attached to an aromatic ring is 1. The van der Waals surface area contributed by atoms with E-state index in [1.807, 2.05) is 25.1 Å². The first-order valence-corrected chi connectivity index (χ1v) is 6.13. The number of anilines is 1. The third-order valence-corrected chi connectivity index (χ3v) is 3.18. The van der Waals surface area contributed by atoms with E-state index in [4.69, 9.17) is 5.73 Å². The number of hydrogen-bond donors (Lipinski definition) is 1. The molecule has 2 aromatic heterocycles. The molecular formula is C15H13N5. The van der Waals surface area contributed by atoms with E-state index in [9.17, 15) is 0 Å². The predicted molar refractivity (Wildman–Crippen MR) is 78.9 cm³/mol. The van der Waals surface area contributed by atoms with Crippen molar-refractivity contribution in [3.8, 4) is 0 Å². The number of hydrogen-bond acceptors (Lipinski definition) is 5. The summed E-state index contributed by atoms with van der Waals surface area (Å²) < 4.78 is 0. The van der Waals surface area contributed by atoms with Crippen LogP contribution in [0, 0.1) is 6.92 Å². The van der Waals surface area contributed by atoms with Gasteiger partial charge in [0.1, 0.15) is 6.33 Å². The molecular weight excluding hydrogens is 250 g/mol. The maximum Gasteiger partial charge on any atom is 0.220 e. The fourth-order valence-corrected chi connectivity index (χ4v) is 2.11. The van der Waals surface area contributed by atoms with E-state index in [2.05, 4.69) is 26.5 Å². The van der Waals surface area contributed by atoms with Crippen LogP contribution >= 0.6 is 0 Å². The molecule has 0 saturated carbocycles. The summed E-state index contributed by atoms with van der Waals surface area (Å²) >= 11 is 0. The Labute approximate surface area is 116 Å². The van der Waals surface area contributed by atoms with Crippen LogP contribution in [0.4, 0.5) is 5.95 Å². The molecule has 0 fully saturated rings.